The van der Waals surface area contributed by atoms with Crippen molar-refractivity contribution < 1.29 is 9.59 Å². The Hall–Kier alpha value is -3.06. The summed E-state index contributed by atoms with van der Waals surface area (Å²) in [5.41, 5.74) is 3.30. The Morgan fingerprint density at radius 2 is 1.83 bits per heavy atom. The molecule has 30 heavy (non-hydrogen) atoms. The second-order valence-corrected chi connectivity index (χ2v) is 8.04. The van der Waals surface area contributed by atoms with Gasteiger partial charge in [0.25, 0.3) is 5.91 Å². The first-order chi connectivity index (χ1) is 14.7. The van der Waals surface area contributed by atoms with Crippen LogP contribution >= 0.6 is 11.5 Å². The number of amides is 2. The molecule has 1 aromatic heterocycles. The largest absolute Gasteiger partial charge is 0.350 e. The number of carbonyl (C=O) groups excluding carboxylic acids is 2. The highest BCUT2D eigenvalue weighted by atomic mass is 32.1. The van der Waals surface area contributed by atoms with Crippen molar-refractivity contribution in [2.45, 2.75) is 44.8 Å². The molecule has 3 aromatic rings. The molecule has 1 heterocycles. The Morgan fingerprint density at radius 1 is 1.10 bits per heavy atom. The fourth-order valence-electron chi connectivity index (χ4n) is 3.49. The zero-order chi connectivity index (χ0) is 20.9. The SMILES string of the molecule is CCc1ccc([C@@H](C(=O)NCc2ccccc2)N(C(=O)c2csnn2)C2CC2)cc1. The van der Waals surface area contributed by atoms with Gasteiger partial charge < -0.3 is 10.2 Å². The van der Waals surface area contributed by atoms with Crippen LogP contribution < -0.4 is 5.32 Å². The van der Waals surface area contributed by atoms with Crippen molar-refractivity contribution in [3.05, 3.63) is 82.4 Å². The van der Waals surface area contributed by atoms with E-state index in [0.29, 0.717) is 6.54 Å². The molecule has 2 aromatic carbocycles. The molecule has 1 aliphatic rings. The van der Waals surface area contributed by atoms with E-state index in [1.807, 2.05) is 54.6 Å². The zero-order valence-corrected chi connectivity index (χ0v) is 17.6. The van der Waals surface area contributed by atoms with Gasteiger partial charge in [0, 0.05) is 18.0 Å². The fourth-order valence-corrected chi connectivity index (χ4v) is 3.92. The van der Waals surface area contributed by atoms with Crippen molar-refractivity contribution in [1.29, 1.82) is 0 Å². The number of hydrogen-bond donors (Lipinski definition) is 1. The maximum absolute atomic E-state index is 13.4. The minimum absolute atomic E-state index is 0.0394. The molecule has 0 bridgehead atoms. The van der Waals surface area contributed by atoms with Crippen molar-refractivity contribution in [3.8, 4) is 0 Å². The Balaban J connectivity index is 1.64. The van der Waals surface area contributed by atoms with Crippen molar-refractivity contribution >= 4 is 23.3 Å². The first kappa shape index (κ1) is 20.2. The van der Waals surface area contributed by atoms with Gasteiger partial charge in [-0.2, -0.15) is 0 Å². The summed E-state index contributed by atoms with van der Waals surface area (Å²) in [7, 11) is 0. The summed E-state index contributed by atoms with van der Waals surface area (Å²) < 4.78 is 3.82. The van der Waals surface area contributed by atoms with Gasteiger partial charge in [0.1, 0.15) is 6.04 Å². The van der Waals surface area contributed by atoms with Crippen LogP contribution in [0.15, 0.2) is 60.0 Å². The summed E-state index contributed by atoms with van der Waals surface area (Å²) >= 11 is 1.14. The first-order valence-corrected chi connectivity index (χ1v) is 11.0. The zero-order valence-electron chi connectivity index (χ0n) is 16.8. The van der Waals surface area contributed by atoms with Crippen LogP contribution in [-0.2, 0) is 17.8 Å². The van der Waals surface area contributed by atoms with Gasteiger partial charge in [-0.15, -0.1) is 5.10 Å². The van der Waals surface area contributed by atoms with Crippen LogP contribution in [0.4, 0.5) is 0 Å². The summed E-state index contributed by atoms with van der Waals surface area (Å²) in [6.07, 6.45) is 2.69. The number of rotatable bonds is 8. The quantitative estimate of drug-likeness (QED) is 0.602. The molecule has 1 fully saturated rings. The Bertz CT molecular complexity index is 986. The molecule has 6 nitrogen and oxygen atoms in total. The molecule has 0 unspecified atom stereocenters. The van der Waals surface area contributed by atoms with Gasteiger partial charge >= 0.3 is 0 Å². The summed E-state index contributed by atoms with van der Waals surface area (Å²) in [5, 5.41) is 8.61. The lowest BCUT2D eigenvalue weighted by molar-refractivity contribution is -0.126. The first-order valence-electron chi connectivity index (χ1n) is 10.2. The van der Waals surface area contributed by atoms with Gasteiger partial charge in [-0.25, -0.2) is 0 Å². The van der Waals surface area contributed by atoms with Crippen LogP contribution in [0, 0.1) is 0 Å². The van der Waals surface area contributed by atoms with Gasteiger partial charge in [-0.3, -0.25) is 9.59 Å². The van der Waals surface area contributed by atoms with Crippen LogP contribution in [0.5, 0.6) is 0 Å². The number of hydrogen-bond acceptors (Lipinski definition) is 5. The molecule has 4 rings (SSSR count). The van der Waals surface area contributed by atoms with Crippen molar-refractivity contribution in [2.24, 2.45) is 0 Å². The van der Waals surface area contributed by atoms with E-state index < -0.39 is 6.04 Å². The molecule has 1 N–H and O–H groups in total. The Morgan fingerprint density at radius 3 is 2.43 bits per heavy atom. The normalized spacial score (nSPS) is 14.2. The molecule has 154 valence electrons. The summed E-state index contributed by atoms with van der Waals surface area (Å²) in [4.78, 5) is 28.3. The maximum atomic E-state index is 13.4. The molecule has 0 spiro atoms. The van der Waals surface area contributed by atoms with Crippen LogP contribution in [0.2, 0.25) is 0 Å². The Labute approximate surface area is 180 Å². The third-order valence-corrected chi connectivity index (χ3v) is 5.80. The number of nitrogens with zero attached hydrogens (tertiary/aromatic N) is 3. The number of aryl methyl sites for hydroxylation is 1. The van der Waals surface area contributed by atoms with Crippen molar-refractivity contribution in [2.75, 3.05) is 0 Å². The minimum Gasteiger partial charge on any atom is -0.350 e. The smallest absolute Gasteiger partial charge is 0.276 e. The monoisotopic (exact) mass is 420 g/mol. The second-order valence-electron chi connectivity index (χ2n) is 7.43. The predicted molar refractivity (Wildman–Crippen MR) is 116 cm³/mol. The fraction of sp³-hybridized carbons (Fsp3) is 0.304. The van der Waals surface area contributed by atoms with Crippen LogP contribution in [0.25, 0.3) is 0 Å². The third-order valence-electron chi connectivity index (χ3n) is 5.29. The number of nitrogens with one attached hydrogen (secondary N) is 1. The molecule has 1 saturated carbocycles. The van der Waals surface area contributed by atoms with E-state index in [4.69, 9.17) is 0 Å². The lowest BCUT2D eigenvalue weighted by Crippen LogP contribution is -2.45. The highest BCUT2D eigenvalue weighted by Gasteiger charge is 2.42. The van der Waals surface area contributed by atoms with Gasteiger partial charge in [-0.05, 0) is 47.5 Å². The van der Waals surface area contributed by atoms with E-state index in [9.17, 15) is 9.59 Å². The molecule has 7 heteroatoms. The van der Waals surface area contributed by atoms with Crippen LogP contribution in [0.3, 0.4) is 0 Å². The molecular weight excluding hydrogens is 396 g/mol. The predicted octanol–water partition coefficient (Wildman–Crippen LogP) is 3.76. The van der Waals surface area contributed by atoms with E-state index in [0.717, 1.165) is 41.9 Å². The molecular formula is C23H24N4O2S. The molecule has 1 aliphatic carbocycles. The standard InChI is InChI=1S/C23H24N4O2S/c1-2-16-8-10-18(11-9-16)21(22(28)24-14-17-6-4-3-5-7-17)27(19-12-13-19)23(29)20-15-30-26-25-20/h3-11,15,19,21H,2,12-14H2,1H3,(H,24,28)/t21-/m0/s1. The number of benzene rings is 2. The van der Waals surface area contributed by atoms with Crippen molar-refractivity contribution in [1.82, 2.24) is 19.8 Å². The lowest BCUT2D eigenvalue weighted by atomic mass is 10.0. The van der Waals surface area contributed by atoms with Crippen LogP contribution in [0.1, 0.15) is 53.0 Å². The average Bonchev–Trinajstić information content (AvgIpc) is 3.47. The molecule has 0 saturated heterocycles. The molecule has 0 aliphatic heterocycles. The highest BCUT2D eigenvalue weighted by Crippen LogP contribution is 2.36. The maximum Gasteiger partial charge on any atom is 0.276 e. The van der Waals surface area contributed by atoms with E-state index in [1.165, 1.54) is 5.56 Å². The van der Waals surface area contributed by atoms with E-state index in [-0.39, 0.29) is 23.6 Å². The topological polar surface area (TPSA) is 75.2 Å². The van der Waals surface area contributed by atoms with E-state index in [2.05, 4.69) is 21.8 Å². The van der Waals surface area contributed by atoms with E-state index in [1.54, 1.807) is 10.3 Å². The van der Waals surface area contributed by atoms with Gasteiger partial charge in [0.05, 0.1) is 0 Å². The van der Waals surface area contributed by atoms with Crippen LogP contribution in [-0.4, -0.2) is 32.3 Å². The summed E-state index contributed by atoms with van der Waals surface area (Å²) in [6, 6.07) is 17.0. The number of aromatic nitrogens is 2. The third kappa shape index (κ3) is 4.57. The summed E-state index contributed by atoms with van der Waals surface area (Å²) in [5.74, 6) is -0.433. The highest BCUT2D eigenvalue weighted by molar-refractivity contribution is 7.03. The molecule has 1 atom stereocenters. The van der Waals surface area contributed by atoms with Gasteiger partial charge in [0.2, 0.25) is 5.91 Å². The minimum atomic E-state index is -0.707. The second kappa shape index (κ2) is 9.17. The molecule has 0 radical (unpaired) electrons. The lowest BCUT2D eigenvalue weighted by Gasteiger charge is -2.31. The summed E-state index contributed by atoms with van der Waals surface area (Å²) in [6.45, 7) is 2.50. The van der Waals surface area contributed by atoms with Crippen molar-refractivity contribution in [3.63, 3.8) is 0 Å². The van der Waals surface area contributed by atoms with Gasteiger partial charge in [0.15, 0.2) is 5.69 Å². The Kier molecular flexibility index (Phi) is 6.18. The van der Waals surface area contributed by atoms with E-state index >= 15 is 0 Å². The molecule has 2 amide bonds. The number of carbonyl (C=O) groups is 2. The average molecular weight is 421 g/mol. The van der Waals surface area contributed by atoms with Gasteiger partial charge in [-0.1, -0.05) is 66.0 Å².